The molecule has 0 aromatic rings. The van der Waals surface area contributed by atoms with Crippen LogP contribution in [0.4, 0.5) is 0 Å². The van der Waals surface area contributed by atoms with Gasteiger partial charge in [0.25, 0.3) is 11.8 Å². The molecule has 0 aromatic heterocycles. The van der Waals surface area contributed by atoms with Crippen molar-refractivity contribution in [3.63, 3.8) is 0 Å². The number of rotatable bonds is 3. The number of fused-ring (bicyclic) bond motifs is 2. The van der Waals surface area contributed by atoms with Crippen LogP contribution in [0.5, 0.6) is 0 Å². The summed E-state index contributed by atoms with van der Waals surface area (Å²) in [6.45, 7) is 0.428. The average molecular weight is 267 g/mol. The van der Waals surface area contributed by atoms with Crippen molar-refractivity contribution in [3.8, 4) is 0 Å². The maximum absolute atomic E-state index is 12.2. The van der Waals surface area contributed by atoms with Gasteiger partial charge in [0.1, 0.15) is 12.2 Å². The van der Waals surface area contributed by atoms with Crippen molar-refractivity contribution in [3.05, 3.63) is 0 Å². The van der Waals surface area contributed by atoms with E-state index in [0.717, 1.165) is 25.7 Å². The Morgan fingerprint density at radius 1 is 1.11 bits per heavy atom. The van der Waals surface area contributed by atoms with Crippen molar-refractivity contribution in [2.75, 3.05) is 13.2 Å². The summed E-state index contributed by atoms with van der Waals surface area (Å²) in [7, 11) is 0. The smallest absolute Gasteiger partial charge is 0.258 e. The van der Waals surface area contributed by atoms with Gasteiger partial charge in [-0.2, -0.15) is 0 Å². The second kappa shape index (κ2) is 4.87. The third-order valence-electron chi connectivity index (χ3n) is 4.85. The molecule has 2 unspecified atom stereocenters. The Balaban J connectivity index is 1.77. The van der Waals surface area contributed by atoms with E-state index in [1.807, 2.05) is 0 Å². The van der Waals surface area contributed by atoms with Crippen molar-refractivity contribution in [1.82, 2.24) is 4.90 Å². The van der Waals surface area contributed by atoms with Gasteiger partial charge in [-0.3, -0.25) is 14.5 Å². The molecule has 1 aliphatic carbocycles. The highest BCUT2D eigenvalue weighted by molar-refractivity contribution is 6.02. The Morgan fingerprint density at radius 3 is 2.21 bits per heavy atom. The average Bonchev–Trinajstić information content (AvgIpc) is 2.90. The maximum atomic E-state index is 12.2. The first-order valence-corrected chi connectivity index (χ1v) is 7.27. The summed E-state index contributed by atoms with van der Waals surface area (Å²) in [6, 6.07) is 0. The third-order valence-corrected chi connectivity index (χ3v) is 4.85. The fourth-order valence-corrected chi connectivity index (χ4v) is 3.62. The van der Waals surface area contributed by atoms with E-state index in [4.69, 9.17) is 4.74 Å². The lowest BCUT2D eigenvalue weighted by Crippen LogP contribution is -2.56. The summed E-state index contributed by atoms with van der Waals surface area (Å²) in [5.74, 6) is -0.394. The molecule has 3 fully saturated rings. The van der Waals surface area contributed by atoms with E-state index in [1.165, 1.54) is 11.3 Å². The van der Waals surface area contributed by atoms with Gasteiger partial charge in [0.15, 0.2) is 0 Å². The molecule has 19 heavy (non-hydrogen) atoms. The number of carbonyl (C=O) groups is 2. The number of aliphatic hydroxyl groups is 1. The molecule has 3 rings (SSSR count). The van der Waals surface area contributed by atoms with Crippen molar-refractivity contribution >= 4 is 11.8 Å². The summed E-state index contributed by atoms with van der Waals surface area (Å²) in [5.41, 5.74) is -0.277. The van der Waals surface area contributed by atoms with Crippen molar-refractivity contribution < 1.29 is 19.4 Å². The van der Waals surface area contributed by atoms with E-state index in [2.05, 4.69) is 0 Å². The van der Waals surface area contributed by atoms with Crippen LogP contribution < -0.4 is 0 Å². The minimum absolute atomic E-state index is 0.0558. The maximum Gasteiger partial charge on any atom is 0.258 e. The Hall–Kier alpha value is -0.940. The molecule has 0 aromatic carbocycles. The Bertz CT molecular complexity index is 367. The van der Waals surface area contributed by atoms with Gasteiger partial charge in [0.2, 0.25) is 0 Å². The zero-order valence-electron chi connectivity index (χ0n) is 11.1. The van der Waals surface area contributed by atoms with Crippen LogP contribution in [0.1, 0.15) is 44.9 Å². The number of amides is 2. The molecule has 0 spiro atoms. The lowest BCUT2D eigenvalue weighted by atomic mass is 9.74. The number of nitrogens with zero attached hydrogens (tertiary/aromatic N) is 1. The Kier molecular flexibility index (Phi) is 3.35. The quantitative estimate of drug-likeness (QED) is 0.770. The molecule has 2 amide bonds. The van der Waals surface area contributed by atoms with E-state index < -0.39 is 12.2 Å². The molecular formula is C14H21NO4. The molecule has 1 N–H and O–H groups in total. The zero-order valence-corrected chi connectivity index (χ0v) is 11.1. The molecule has 2 atom stereocenters. The van der Waals surface area contributed by atoms with Crippen molar-refractivity contribution in [1.29, 1.82) is 0 Å². The fourth-order valence-electron chi connectivity index (χ4n) is 3.62. The van der Waals surface area contributed by atoms with Gasteiger partial charge in [-0.25, -0.2) is 0 Å². The second-order valence-electron chi connectivity index (χ2n) is 6.17. The van der Waals surface area contributed by atoms with Crippen LogP contribution in [0, 0.1) is 5.41 Å². The minimum atomic E-state index is -0.429. The predicted octanol–water partition coefficient (Wildman–Crippen LogP) is 0.846. The molecule has 5 nitrogen and oxygen atoms in total. The highest BCUT2D eigenvalue weighted by Crippen LogP contribution is 2.38. The summed E-state index contributed by atoms with van der Waals surface area (Å²) in [4.78, 5) is 25.8. The third kappa shape index (κ3) is 2.19. The van der Waals surface area contributed by atoms with Crippen LogP contribution in [-0.2, 0) is 14.3 Å². The van der Waals surface area contributed by atoms with E-state index >= 15 is 0 Å². The normalized spacial score (nSPS) is 33.8. The highest BCUT2D eigenvalue weighted by Gasteiger charge is 2.48. The van der Waals surface area contributed by atoms with Gasteiger partial charge in [0.05, 0.1) is 6.61 Å². The molecule has 2 aliphatic heterocycles. The largest absolute Gasteiger partial charge is 0.396 e. The van der Waals surface area contributed by atoms with E-state index in [1.54, 1.807) is 0 Å². The summed E-state index contributed by atoms with van der Waals surface area (Å²) in [5, 5.41) is 9.71. The Morgan fingerprint density at radius 2 is 1.68 bits per heavy atom. The van der Waals surface area contributed by atoms with Crippen molar-refractivity contribution in [2.24, 2.45) is 5.41 Å². The van der Waals surface area contributed by atoms with Crippen LogP contribution >= 0.6 is 0 Å². The zero-order chi connectivity index (χ0) is 13.5. The summed E-state index contributed by atoms with van der Waals surface area (Å²) < 4.78 is 5.40. The van der Waals surface area contributed by atoms with Gasteiger partial charge in [-0.1, -0.05) is 19.3 Å². The number of imide groups is 1. The van der Waals surface area contributed by atoms with E-state index in [0.29, 0.717) is 19.4 Å². The molecule has 106 valence electrons. The number of likely N-dealkylation sites (tertiary alicyclic amines) is 1. The molecule has 1 saturated carbocycles. The molecule has 5 heteroatoms. The topological polar surface area (TPSA) is 66.8 Å². The van der Waals surface area contributed by atoms with Crippen LogP contribution in [0.2, 0.25) is 0 Å². The van der Waals surface area contributed by atoms with E-state index in [9.17, 15) is 14.7 Å². The number of aliphatic hydroxyl groups excluding tert-OH is 1. The van der Waals surface area contributed by atoms with Crippen LogP contribution in [0.25, 0.3) is 0 Å². The van der Waals surface area contributed by atoms with E-state index in [-0.39, 0.29) is 23.8 Å². The molecular weight excluding hydrogens is 246 g/mol. The summed E-state index contributed by atoms with van der Waals surface area (Å²) in [6.07, 6.45) is 5.56. The molecule has 2 heterocycles. The van der Waals surface area contributed by atoms with Gasteiger partial charge in [-0.05, 0) is 25.7 Å². The minimum Gasteiger partial charge on any atom is -0.396 e. The number of hydrogen-bond donors (Lipinski definition) is 1. The molecule has 2 saturated heterocycles. The van der Waals surface area contributed by atoms with Crippen LogP contribution in [0.3, 0.4) is 0 Å². The summed E-state index contributed by atoms with van der Waals surface area (Å²) >= 11 is 0. The SMILES string of the molecule is O=C1C2CCC(O2)C(=O)N1CC1(CO)CCCCC1. The van der Waals surface area contributed by atoms with Crippen LogP contribution in [-0.4, -0.2) is 47.2 Å². The predicted molar refractivity (Wildman–Crippen MR) is 67.2 cm³/mol. The highest BCUT2D eigenvalue weighted by atomic mass is 16.5. The molecule has 3 aliphatic rings. The first-order chi connectivity index (χ1) is 9.15. The second-order valence-corrected chi connectivity index (χ2v) is 6.17. The molecule has 0 radical (unpaired) electrons. The number of carbonyl (C=O) groups excluding carboxylic acids is 2. The van der Waals surface area contributed by atoms with Gasteiger partial charge in [-0.15, -0.1) is 0 Å². The van der Waals surface area contributed by atoms with Gasteiger partial charge >= 0.3 is 0 Å². The lowest BCUT2D eigenvalue weighted by Gasteiger charge is -2.41. The number of hydrogen-bond acceptors (Lipinski definition) is 4. The van der Waals surface area contributed by atoms with Crippen LogP contribution in [0.15, 0.2) is 0 Å². The van der Waals surface area contributed by atoms with Gasteiger partial charge < -0.3 is 9.84 Å². The first kappa shape index (κ1) is 13.1. The standard InChI is InChI=1S/C14H21NO4/c16-9-14(6-2-1-3-7-14)8-15-12(17)10-4-5-11(19-10)13(15)18/h10-11,16H,1-9H2. The molecule has 2 bridgehead atoms. The Labute approximate surface area is 112 Å². The first-order valence-electron chi connectivity index (χ1n) is 7.27. The van der Waals surface area contributed by atoms with Crippen molar-refractivity contribution in [2.45, 2.75) is 57.2 Å². The van der Waals surface area contributed by atoms with Gasteiger partial charge in [0, 0.05) is 12.0 Å². The number of ether oxygens (including phenoxy) is 1. The number of morpholine rings is 1. The monoisotopic (exact) mass is 267 g/mol. The fraction of sp³-hybridized carbons (Fsp3) is 0.857. The lowest BCUT2D eigenvalue weighted by molar-refractivity contribution is -0.171.